The fourth-order valence-electron chi connectivity index (χ4n) is 4.60. The highest BCUT2D eigenvalue weighted by molar-refractivity contribution is 7.98. The molecule has 5 rings (SSSR count). The maximum absolute atomic E-state index is 13.4. The lowest BCUT2D eigenvalue weighted by Crippen LogP contribution is -2.35. The fourth-order valence-corrected chi connectivity index (χ4v) is 5.03. The zero-order valence-corrected chi connectivity index (χ0v) is 18.4. The average Bonchev–Trinajstić information content (AvgIpc) is 3.53. The van der Waals surface area contributed by atoms with Crippen LogP contribution in [0.3, 0.4) is 0 Å². The van der Waals surface area contributed by atoms with Gasteiger partial charge in [-0.1, -0.05) is 12.1 Å². The molecule has 0 bridgehead atoms. The highest BCUT2D eigenvalue weighted by Crippen LogP contribution is 2.54. The second kappa shape index (κ2) is 7.62. The van der Waals surface area contributed by atoms with E-state index in [0.29, 0.717) is 5.41 Å². The van der Waals surface area contributed by atoms with E-state index in [1.165, 1.54) is 30.6 Å². The van der Waals surface area contributed by atoms with Gasteiger partial charge in [0.1, 0.15) is 0 Å². The van der Waals surface area contributed by atoms with Gasteiger partial charge in [0.15, 0.2) is 0 Å². The van der Waals surface area contributed by atoms with Crippen LogP contribution in [-0.4, -0.2) is 30.2 Å². The number of amides is 1. The first kappa shape index (κ1) is 19.4. The van der Waals surface area contributed by atoms with E-state index in [1.54, 1.807) is 18.0 Å². The summed E-state index contributed by atoms with van der Waals surface area (Å²) in [5, 5.41) is 4.21. The van der Waals surface area contributed by atoms with Crippen LogP contribution in [0.1, 0.15) is 41.6 Å². The number of para-hydroxylation sites is 1. The SMILES string of the molecule is CSc1ccc(C(=O)Nc2cccc3c(C)ccnc23)c(N2CCC3(CC2)CC3)c1. The van der Waals surface area contributed by atoms with E-state index >= 15 is 0 Å². The van der Waals surface area contributed by atoms with Gasteiger partial charge in [-0.05, 0) is 80.2 Å². The molecule has 1 spiro atoms. The Morgan fingerprint density at radius 3 is 2.63 bits per heavy atom. The monoisotopic (exact) mass is 417 g/mol. The molecule has 2 aromatic carbocycles. The third-order valence-electron chi connectivity index (χ3n) is 6.81. The molecular formula is C25H27N3OS. The number of hydrogen-bond acceptors (Lipinski definition) is 4. The minimum Gasteiger partial charge on any atom is -0.371 e. The van der Waals surface area contributed by atoms with E-state index in [2.05, 4.69) is 34.4 Å². The standard InChI is InChI=1S/C25H27N3OS/c1-17-8-13-26-23-19(17)4-3-5-21(23)27-24(29)20-7-6-18(30-2)16-22(20)28-14-11-25(9-10-25)12-15-28/h3-8,13,16H,9-12,14-15H2,1-2H3,(H,27,29). The van der Waals surface area contributed by atoms with Gasteiger partial charge in [0.05, 0.1) is 22.5 Å². The summed E-state index contributed by atoms with van der Waals surface area (Å²) < 4.78 is 0. The molecule has 1 aromatic heterocycles. The van der Waals surface area contributed by atoms with Crippen LogP contribution in [0, 0.1) is 12.3 Å². The smallest absolute Gasteiger partial charge is 0.257 e. The second-order valence-electron chi connectivity index (χ2n) is 8.65. The number of pyridine rings is 1. The number of carbonyl (C=O) groups is 1. The number of fused-ring (bicyclic) bond motifs is 1. The predicted molar refractivity (Wildman–Crippen MR) is 126 cm³/mol. The van der Waals surface area contributed by atoms with Crippen LogP contribution in [0.25, 0.3) is 10.9 Å². The summed E-state index contributed by atoms with van der Waals surface area (Å²) in [7, 11) is 0. The van der Waals surface area contributed by atoms with Crippen molar-refractivity contribution in [1.82, 2.24) is 4.98 Å². The maximum atomic E-state index is 13.4. The zero-order chi connectivity index (χ0) is 20.7. The Bertz CT molecular complexity index is 1110. The Hall–Kier alpha value is -2.53. The van der Waals surface area contributed by atoms with Gasteiger partial charge in [0.2, 0.25) is 0 Å². The Balaban J connectivity index is 1.46. The quantitative estimate of drug-likeness (QED) is 0.537. The van der Waals surface area contributed by atoms with Crippen molar-refractivity contribution >= 4 is 39.9 Å². The lowest BCUT2D eigenvalue weighted by Gasteiger charge is -2.35. The molecule has 1 saturated heterocycles. The molecule has 0 atom stereocenters. The van der Waals surface area contributed by atoms with Crippen molar-refractivity contribution in [3.63, 3.8) is 0 Å². The summed E-state index contributed by atoms with van der Waals surface area (Å²) in [6.07, 6.45) is 9.12. The van der Waals surface area contributed by atoms with Gasteiger partial charge in [-0.25, -0.2) is 0 Å². The molecule has 1 saturated carbocycles. The van der Waals surface area contributed by atoms with E-state index < -0.39 is 0 Å². The number of hydrogen-bond donors (Lipinski definition) is 1. The highest BCUT2D eigenvalue weighted by Gasteiger charge is 2.44. The van der Waals surface area contributed by atoms with E-state index in [-0.39, 0.29) is 5.91 Å². The molecule has 1 N–H and O–H groups in total. The minimum atomic E-state index is -0.0693. The van der Waals surface area contributed by atoms with Crippen LogP contribution in [0.5, 0.6) is 0 Å². The molecule has 1 aliphatic heterocycles. The second-order valence-corrected chi connectivity index (χ2v) is 9.53. The van der Waals surface area contributed by atoms with Crippen molar-refractivity contribution in [1.29, 1.82) is 0 Å². The fraction of sp³-hybridized carbons (Fsp3) is 0.360. The van der Waals surface area contributed by atoms with Gasteiger partial charge in [0, 0.05) is 29.6 Å². The molecule has 2 aliphatic rings. The van der Waals surface area contributed by atoms with Crippen LogP contribution in [0.15, 0.2) is 53.6 Å². The lowest BCUT2D eigenvalue weighted by molar-refractivity contribution is 0.102. The molecule has 4 nitrogen and oxygen atoms in total. The summed E-state index contributed by atoms with van der Waals surface area (Å²) in [5.41, 5.74) is 5.16. The topological polar surface area (TPSA) is 45.2 Å². The van der Waals surface area contributed by atoms with E-state index in [0.717, 1.165) is 46.5 Å². The van der Waals surface area contributed by atoms with Crippen LogP contribution in [0.4, 0.5) is 11.4 Å². The van der Waals surface area contributed by atoms with Gasteiger partial charge in [-0.3, -0.25) is 9.78 Å². The van der Waals surface area contributed by atoms with Crippen molar-refractivity contribution < 1.29 is 4.79 Å². The van der Waals surface area contributed by atoms with E-state index in [9.17, 15) is 4.79 Å². The predicted octanol–water partition coefficient (Wildman–Crippen LogP) is 5.90. The Morgan fingerprint density at radius 1 is 1.10 bits per heavy atom. The molecule has 2 heterocycles. The Morgan fingerprint density at radius 2 is 1.90 bits per heavy atom. The molecule has 154 valence electrons. The number of benzene rings is 2. The number of thioether (sulfide) groups is 1. The van der Waals surface area contributed by atoms with Gasteiger partial charge in [-0.15, -0.1) is 11.8 Å². The number of piperidine rings is 1. The molecular weight excluding hydrogens is 390 g/mol. The number of aryl methyl sites for hydroxylation is 1. The first-order valence-corrected chi connectivity index (χ1v) is 11.9. The summed E-state index contributed by atoms with van der Waals surface area (Å²) in [4.78, 5) is 21.5. The maximum Gasteiger partial charge on any atom is 0.257 e. The third-order valence-corrected chi connectivity index (χ3v) is 7.53. The summed E-state index contributed by atoms with van der Waals surface area (Å²) in [5.74, 6) is -0.0693. The van der Waals surface area contributed by atoms with E-state index in [1.807, 2.05) is 36.4 Å². The molecule has 0 radical (unpaired) electrons. The van der Waals surface area contributed by atoms with Gasteiger partial charge >= 0.3 is 0 Å². The summed E-state index contributed by atoms with van der Waals surface area (Å²) in [6.45, 7) is 4.14. The molecule has 1 aliphatic carbocycles. The first-order valence-electron chi connectivity index (χ1n) is 10.7. The molecule has 30 heavy (non-hydrogen) atoms. The van der Waals surface area contributed by atoms with Crippen molar-refractivity contribution in [3.05, 3.63) is 59.8 Å². The molecule has 3 aromatic rings. The van der Waals surface area contributed by atoms with Crippen molar-refractivity contribution in [2.24, 2.45) is 5.41 Å². The number of nitrogens with zero attached hydrogens (tertiary/aromatic N) is 2. The minimum absolute atomic E-state index is 0.0693. The molecule has 0 unspecified atom stereocenters. The number of rotatable bonds is 4. The average molecular weight is 418 g/mol. The van der Waals surface area contributed by atoms with Crippen LogP contribution in [0.2, 0.25) is 0 Å². The number of aromatic nitrogens is 1. The van der Waals surface area contributed by atoms with Crippen LogP contribution in [-0.2, 0) is 0 Å². The lowest BCUT2D eigenvalue weighted by atomic mass is 9.93. The molecule has 5 heteroatoms. The van der Waals surface area contributed by atoms with Crippen LogP contribution < -0.4 is 10.2 Å². The van der Waals surface area contributed by atoms with Gasteiger partial charge in [0.25, 0.3) is 5.91 Å². The van der Waals surface area contributed by atoms with Crippen LogP contribution >= 0.6 is 11.8 Å². The molecule has 1 amide bonds. The first-order chi connectivity index (χ1) is 14.6. The number of anilines is 2. The van der Waals surface area contributed by atoms with Crippen molar-refractivity contribution in [2.45, 2.75) is 37.5 Å². The number of carbonyl (C=O) groups excluding carboxylic acids is 1. The molecule has 2 fully saturated rings. The Labute approximate surface area is 182 Å². The zero-order valence-electron chi connectivity index (χ0n) is 17.6. The third kappa shape index (κ3) is 3.56. The van der Waals surface area contributed by atoms with Crippen molar-refractivity contribution in [2.75, 3.05) is 29.6 Å². The van der Waals surface area contributed by atoms with Crippen molar-refractivity contribution in [3.8, 4) is 0 Å². The number of nitrogens with one attached hydrogen (secondary N) is 1. The summed E-state index contributed by atoms with van der Waals surface area (Å²) >= 11 is 1.72. The summed E-state index contributed by atoms with van der Waals surface area (Å²) in [6, 6.07) is 14.1. The highest BCUT2D eigenvalue weighted by atomic mass is 32.2. The van der Waals surface area contributed by atoms with Gasteiger partial charge < -0.3 is 10.2 Å². The normalized spacial score (nSPS) is 17.3. The Kier molecular flexibility index (Phi) is 4.94. The largest absolute Gasteiger partial charge is 0.371 e. The van der Waals surface area contributed by atoms with E-state index in [4.69, 9.17) is 0 Å². The van der Waals surface area contributed by atoms with Gasteiger partial charge in [-0.2, -0.15) is 0 Å².